The molecule has 2 unspecified atom stereocenters. The molecule has 2 atom stereocenters. The second-order valence-corrected chi connectivity index (χ2v) is 10.8. The molecule has 9 nitrogen and oxygen atoms in total. The van der Waals surface area contributed by atoms with Gasteiger partial charge in [-0.1, -0.05) is 12.1 Å². The molecule has 4 rings (SSSR count). The molecule has 3 heterocycles. The summed E-state index contributed by atoms with van der Waals surface area (Å²) in [5.41, 5.74) is 0.433. The zero-order valence-electron chi connectivity index (χ0n) is 19.6. The number of piperidine rings is 1. The van der Waals surface area contributed by atoms with Gasteiger partial charge in [-0.15, -0.1) is 0 Å². The number of nitrogens with zero attached hydrogens (tertiary/aromatic N) is 4. The zero-order valence-corrected chi connectivity index (χ0v) is 20.5. The van der Waals surface area contributed by atoms with Crippen LogP contribution < -0.4 is 15.4 Å². The van der Waals surface area contributed by atoms with Crippen LogP contribution in [0.5, 0.6) is 0 Å². The van der Waals surface area contributed by atoms with Gasteiger partial charge in [0.05, 0.1) is 10.9 Å². The molecular formula is C24H34N6O3S. The van der Waals surface area contributed by atoms with Gasteiger partial charge in [-0.2, -0.15) is 0 Å². The summed E-state index contributed by atoms with van der Waals surface area (Å²) < 4.78 is 23.2. The highest BCUT2D eigenvalue weighted by molar-refractivity contribution is 7.89. The predicted molar refractivity (Wildman–Crippen MR) is 133 cm³/mol. The molecule has 34 heavy (non-hydrogen) atoms. The van der Waals surface area contributed by atoms with Crippen LogP contribution in [0.2, 0.25) is 0 Å². The summed E-state index contributed by atoms with van der Waals surface area (Å²) in [7, 11) is -3.82. The lowest BCUT2D eigenvalue weighted by atomic mass is 9.95. The van der Waals surface area contributed by atoms with E-state index in [-0.39, 0.29) is 16.8 Å². The van der Waals surface area contributed by atoms with Gasteiger partial charge in [0.2, 0.25) is 15.9 Å². The first-order valence-corrected chi connectivity index (χ1v) is 13.4. The SMILES string of the molecule is CC(C(=O)Nc1cccc(S(N)(=O)=O)c1)N1CCCC(CN2CCN(c3ccccn3)CC2)C1. The second-order valence-electron chi connectivity index (χ2n) is 9.22. The zero-order chi connectivity index (χ0) is 24.1. The number of aromatic nitrogens is 1. The Hall–Kier alpha value is -2.53. The molecule has 2 saturated heterocycles. The van der Waals surface area contributed by atoms with Crippen molar-refractivity contribution in [2.24, 2.45) is 11.1 Å². The molecule has 0 radical (unpaired) electrons. The fraction of sp³-hybridized carbons (Fsp3) is 0.500. The molecule has 2 aliphatic heterocycles. The smallest absolute Gasteiger partial charge is 0.241 e. The number of nitrogens with two attached hydrogens (primary N) is 1. The maximum atomic E-state index is 12.9. The van der Waals surface area contributed by atoms with Crippen LogP contribution in [0, 0.1) is 5.92 Å². The number of carbonyl (C=O) groups excluding carboxylic acids is 1. The van der Waals surface area contributed by atoms with Crippen molar-refractivity contribution in [2.75, 3.05) is 56.0 Å². The van der Waals surface area contributed by atoms with Crippen molar-refractivity contribution in [3.63, 3.8) is 0 Å². The Bertz CT molecular complexity index is 1070. The molecular weight excluding hydrogens is 452 g/mol. The number of anilines is 2. The summed E-state index contributed by atoms with van der Waals surface area (Å²) in [4.78, 5) is 24.4. The van der Waals surface area contributed by atoms with E-state index in [0.29, 0.717) is 11.6 Å². The van der Waals surface area contributed by atoms with Crippen LogP contribution in [0.4, 0.5) is 11.5 Å². The summed E-state index contributed by atoms with van der Waals surface area (Å²) in [6.07, 6.45) is 4.07. The van der Waals surface area contributed by atoms with E-state index in [9.17, 15) is 13.2 Å². The van der Waals surface area contributed by atoms with Crippen molar-refractivity contribution in [1.29, 1.82) is 0 Å². The van der Waals surface area contributed by atoms with E-state index < -0.39 is 10.0 Å². The van der Waals surface area contributed by atoms with E-state index in [4.69, 9.17) is 5.14 Å². The number of likely N-dealkylation sites (tertiary alicyclic amines) is 1. The quantitative estimate of drug-likeness (QED) is 0.611. The number of hydrogen-bond donors (Lipinski definition) is 2. The van der Waals surface area contributed by atoms with Crippen molar-refractivity contribution >= 4 is 27.4 Å². The number of nitrogens with one attached hydrogen (secondary N) is 1. The highest BCUT2D eigenvalue weighted by Crippen LogP contribution is 2.22. The number of rotatable bonds is 7. The second kappa shape index (κ2) is 10.8. The summed E-state index contributed by atoms with van der Waals surface area (Å²) in [5, 5.41) is 8.05. The Labute approximate surface area is 202 Å². The van der Waals surface area contributed by atoms with Crippen LogP contribution in [-0.2, 0) is 14.8 Å². The van der Waals surface area contributed by atoms with Gasteiger partial charge < -0.3 is 10.2 Å². The Balaban J connectivity index is 1.27. The first-order chi connectivity index (χ1) is 16.3. The number of benzene rings is 1. The Morgan fingerprint density at radius 1 is 1.15 bits per heavy atom. The maximum Gasteiger partial charge on any atom is 0.241 e. The van der Waals surface area contributed by atoms with Crippen molar-refractivity contribution in [1.82, 2.24) is 14.8 Å². The van der Waals surface area contributed by atoms with E-state index in [1.54, 1.807) is 12.1 Å². The number of piperazine rings is 1. The highest BCUT2D eigenvalue weighted by Gasteiger charge is 2.29. The summed E-state index contributed by atoms with van der Waals surface area (Å²) in [5.74, 6) is 1.42. The number of sulfonamides is 1. The minimum Gasteiger partial charge on any atom is -0.354 e. The van der Waals surface area contributed by atoms with Gasteiger partial charge in [-0.25, -0.2) is 18.5 Å². The number of carbonyl (C=O) groups is 1. The van der Waals surface area contributed by atoms with Crippen molar-refractivity contribution in [3.05, 3.63) is 48.7 Å². The van der Waals surface area contributed by atoms with Crippen molar-refractivity contribution in [2.45, 2.75) is 30.7 Å². The van der Waals surface area contributed by atoms with Gasteiger partial charge in [0, 0.05) is 51.2 Å². The van der Waals surface area contributed by atoms with Crippen LogP contribution in [0.1, 0.15) is 19.8 Å². The third-order valence-electron chi connectivity index (χ3n) is 6.77. The van der Waals surface area contributed by atoms with Crippen LogP contribution in [-0.4, -0.2) is 81.0 Å². The Kier molecular flexibility index (Phi) is 7.82. The van der Waals surface area contributed by atoms with E-state index in [1.165, 1.54) is 18.6 Å². The van der Waals surface area contributed by atoms with Gasteiger partial charge in [0.15, 0.2) is 0 Å². The monoisotopic (exact) mass is 486 g/mol. The molecule has 0 saturated carbocycles. The molecule has 10 heteroatoms. The number of hydrogen-bond acceptors (Lipinski definition) is 7. The lowest BCUT2D eigenvalue weighted by molar-refractivity contribution is -0.121. The minimum absolute atomic E-state index is 0.0147. The Morgan fingerprint density at radius 2 is 1.94 bits per heavy atom. The normalized spacial score (nSPS) is 21.2. The van der Waals surface area contributed by atoms with Crippen LogP contribution >= 0.6 is 0 Å². The molecule has 2 aliphatic rings. The third-order valence-corrected chi connectivity index (χ3v) is 7.68. The van der Waals surface area contributed by atoms with Gasteiger partial charge in [-0.3, -0.25) is 14.6 Å². The van der Waals surface area contributed by atoms with E-state index in [2.05, 4.69) is 31.1 Å². The predicted octanol–water partition coefficient (Wildman–Crippen LogP) is 1.59. The molecule has 1 amide bonds. The average Bonchev–Trinajstić information content (AvgIpc) is 2.84. The van der Waals surface area contributed by atoms with Gasteiger partial charge in [-0.05, 0) is 62.6 Å². The van der Waals surface area contributed by atoms with Crippen LogP contribution in [0.15, 0.2) is 53.6 Å². The van der Waals surface area contributed by atoms with Gasteiger partial charge in [0.1, 0.15) is 5.82 Å². The number of pyridine rings is 1. The lowest BCUT2D eigenvalue weighted by Crippen LogP contribution is -2.52. The van der Waals surface area contributed by atoms with E-state index >= 15 is 0 Å². The fourth-order valence-corrected chi connectivity index (χ4v) is 5.39. The molecule has 2 fully saturated rings. The van der Waals surface area contributed by atoms with Gasteiger partial charge in [0.25, 0.3) is 0 Å². The molecule has 2 aromatic rings. The van der Waals surface area contributed by atoms with Crippen LogP contribution in [0.25, 0.3) is 0 Å². The highest BCUT2D eigenvalue weighted by atomic mass is 32.2. The van der Waals surface area contributed by atoms with E-state index in [1.807, 2.05) is 25.3 Å². The van der Waals surface area contributed by atoms with E-state index in [0.717, 1.165) is 58.1 Å². The molecule has 184 valence electrons. The lowest BCUT2D eigenvalue weighted by Gasteiger charge is -2.40. The average molecular weight is 487 g/mol. The molecule has 3 N–H and O–H groups in total. The largest absolute Gasteiger partial charge is 0.354 e. The fourth-order valence-electron chi connectivity index (χ4n) is 4.83. The standard InChI is InChI=1S/C24H34N6O3S/c1-19(24(31)27-21-7-4-8-22(16-21)34(25,32)33)30-11-5-6-20(18-30)17-28-12-14-29(15-13-28)23-9-2-3-10-26-23/h2-4,7-10,16,19-20H,5-6,11-15,17-18H2,1H3,(H,27,31)(H2,25,32,33). The number of primary sulfonamides is 1. The molecule has 1 aromatic carbocycles. The third kappa shape index (κ3) is 6.32. The molecule has 0 spiro atoms. The first-order valence-electron chi connectivity index (χ1n) is 11.9. The molecule has 0 bridgehead atoms. The minimum atomic E-state index is -3.82. The maximum absolute atomic E-state index is 12.9. The van der Waals surface area contributed by atoms with Gasteiger partial charge >= 0.3 is 0 Å². The topological polar surface area (TPSA) is 112 Å². The van der Waals surface area contributed by atoms with Crippen molar-refractivity contribution < 1.29 is 13.2 Å². The summed E-state index contributed by atoms with van der Waals surface area (Å²) in [6.45, 7) is 8.70. The van der Waals surface area contributed by atoms with Crippen LogP contribution in [0.3, 0.4) is 0 Å². The molecule has 0 aliphatic carbocycles. The summed E-state index contributed by atoms with van der Waals surface area (Å²) >= 11 is 0. The Morgan fingerprint density at radius 3 is 2.65 bits per heavy atom. The number of amides is 1. The first kappa shape index (κ1) is 24.6. The summed E-state index contributed by atoms with van der Waals surface area (Å²) in [6, 6.07) is 11.8. The van der Waals surface area contributed by atoms with Crippen molar-refractivity contribution in [3.8, 4) is 0 Å². The molecule has 1 aromatic heterocycles.